The third-order valence-corrected chi connectivity index (χ3v) is 1.44. The van der Waals surface area contributed by atoms with Gasteiger partial charge in [-0.3, -0.25) is 4.98 Å². The van der Waals surface area contributed by atoms with Crippen LogP contribution in [0.5, 0.6) is 0 Å². The molecular weight excluding hydrogens is 126 g/mol. The van der Waals surface area contributed by atoms with Gasteiger partial charge in [0.05, 0.1) is 23.6 Å². The van der Waals surface area contributed by atoms with Gasteiger partial charge >= 0.3 is 0 Å². The van der Waals surface area contributed by atoms with E-state index in [0.717, 1.165) is 16.7 Å². The van der Waals surface area contributed by atoms with Crippen molar-refractivity contribution in [2.45, 2.75) is 6.92 Å². The fraction of sp³-hybridized carbons (Fsp3) is 0.143. The molecule has 2 aromatic rings. The molecule has 0 aliphatic rings. The maximum Gasteiger partial charge on any atom is 0.0932 e. The summed E-state index contributed by atoms with van der Waals surface area (Å²) in [6.45, 7) is 1.95. The number of aryl methyl sites for hydroxylation is 1. The summed E-state index contributed by atoms with van der Waals surface area (Å²) in [7, 11) is 0. The summed E-state index contributed by atoms with van der Waals surface area (Å²) in [6, 6.07) is 1.95. The Morgan fingerprint density at radius 2 is 2.40 bits per heavy atom. The zero-order chi connectivity index (χ0) is 6.97. The molecule has 10 heavy (non-hydrogen) atoms. The van der Waals surface area contributed by atoms with Crippen molar-refractivity contribution in [3.63, 3.8) is 0 Å². The zero-order valence-corrected chi connectivity index (χ0v) is 5.63. The molecule has 3 nitrogen and oxygen atoms in total. The molecule has 0 unspecified atom stereocenters. The first-order valence-corrected chi connectivity index (χ1v) is 3.12. The van der Waals surface area contributed by atoms with Gasteiger partial charge in [0.2, 0.25) is 0 Å². The molecule has 3 heteroatoms. The number of fused-ring (bicyclic) bond motifs is 1. The van der Waals surface area contributed by atoms with Crippen LogP contribution in [0.15, 0.2) is 18.6 Å². The standard InChI is InChI=1S/C7H7N3.H2/c1-5-2-6-7(3-8-5)10-4-9-6;/h2-4H,1H3,(H,9,10);1H. The highest BCUT2D eigenvalue weighted by Crippen LogP contribution is 2.06. The van der Waals surface area contributed by atoms with Gasteiger partial charge in [-0.1, -0.05) is 0 Å². The van der Waals surface area contributed by atoms with Gasteiger partial charge in [0.1, 0.15) is 0 Å². The monoisotopic (exact) mass is 135 g/mol. The number of pyridine rings is 1. The normalized spacial score (nSPS) is 10.5. The van der Waals surface area contributed by atoms with Crippen molar-refractivity contribution >= 4 is 11.0 Å². The van der Waals surface area contributed by atoms with E-state index < -0.39 is 0 Å². The van der Waals surface area contributed by atoms with Crippen molar-refractivity contribution in [1.82, 2.24) is 15.0 Å². The Morgan fingerprint density at radius 1 is 1.50 bits per heavy atom. The van der Waals surface area contributed by atoms with Crippen LogP contribution in [0.25, 0.3) is 11.0 Å². The molecule has 0 amide bonds. The van der Waals surface area contributed by atoms with E-state index >= 15 is 0 Å². The summed E-state index contributed by atoms with van der Waals surface area (Å²) in [5, 5.41) is 0. The summed E-state index contributed by atoms with van der Waals surface area (Å²) in [5.74, 6) is 0. The minimum atomic E-state index is 0. The van der Waals surface area contributed by atoms with Gasteiger partial charge in [-0.2, -0.15) is 0 Å². The highest BCUT2D eigenvalue weighted by Gasteiger charge is 1.93. The zero-order valence-electron chi connectivity index (χ0n) is 5.63. The van der Waals surface area contributed by atoms with Gasteiger partial charge in [0, 0.05) is 7.12 Å². The van der Waals surface area contributed by atoms with E-state index in [4.69, 9.17) is 0 Å². The predicted molar refractivity (Wildman–Crippen MR) is 40.7 cm³/mol. The lowest BCUT2D eigenvalue weighted by molar-refractivity contribution is 1.22. The SMILES string of the molecule is Cc1cc2nc[nH]c2cn1.[HH]. The summed E-state index contributed by atoms with van der Waals surface area (Å²) >= 11 is 0. The molecule has 2 aromatic heterocycles. The second-order valence-corrected chi connectivity index (χ2v) is 2.25. The summed E-state index contributed by atoms with van der Waals surface area (Å²) in [5.41, 5.74) is 2.97. The van der Waals surface area contributed by atoms with E-state index in [9.17, 15) is 0 Å². The lowest BCUT2D eigenvalue weighted by atomic mass is 10.3. The van der Waals surface area contributed by atoms with Crippen LogP contribution < -0.4 is 0 Å². The van der Waals surface area contributed by atoms with E-state index in [1.165, 1.54) is 0 Å². The minimum Gasteiger partial charge on any atom is -0.343 e. The summed E-state index contributed by atoms with van der Waals surface area (Å²) in [4.78, 5) is 11.2. The van der Waals surface area contributed by atoms with Crippen molar-refractivity contribution < 1.29 is 1.43 Å². The van der Waals surface area contributed by atoms with Crippen LogP contribution in [0.1, 0.15) is 7.12 Å². The van der Waals surface area contributed by atoms with Crippen LogP contribution in [0, 0.1) is 6.92 Å². The molecule has 0 radical (unpaired) electrons. The maximum atomic E-state index is 4.11. The van der Waals surface area contributed by atoms with Crippen molar-refractivity contribution in [3.8, 4) is 0 Å². The van der Waals surface area contributed by atoms with Crippen LogP contribution in [0.4, 0.5) is 0 Å². The van der Waals surface area contributed by atoms with Crippen LogP contribution in [0.3, 0.4) is 0 Å². The van der Waals surface area contributed by atoms with E-state index in [2.05, 4.69) is 15.0 Å². The molecule has 0 atom stereocenters. The molecule has 0 aliphatic heterocycles. The Balaban J connectivity index is 0.000000605. The third kappa shape index (κ3) is 0.673. The molecule has 1 N–H and O–H groups in total. The number of H-pyrrole nitrogens is 1. The number of hydrogen-bond donors (Lipinski definition) is 1. The van der Waals surface area contributed by atoms with Crippen molar-refractivity contribution in [2.75, 3.05) is 0 Å². The smallest absolute Gasteiger partial charge is 0.0932 e. The first-order chi connectivity index (χ1) is 4.86. The van der Waals surface area contributed by atoms with Gasteiger partial charge in [-0.15, -0.1) is 0 Å². The number of aromatic nitrogens is 3. The van der Waals surface area contributed by atoms with Gasteiger partial charge in [-0.05, 0) is 13.0 Å². The first-order valence-electron chi connectivity index (χ1n) is 3.12. The van der Waals surface area contributed by atoms with Gasteiger partial charge < -0.3 is 4.98 Å². The molecule has 0 aromatic carbocycles. The molecule has 0 fully saturated rings. The van der Waals surface area contributed by atoms with E-state index in [1.54, 1.807) is 12.5 Å². The fourth-order valence-electron chi connectivity index (χ4n) is 0.935. The highest BCUT2D eigenvalue weighted by atomic mass is 14.9. The van der Waals surface area contributed by atoms with E-state index in [1.807, 2.05) is 13.0 Å². The predicted octanol–water partition coefficient (Wildman–Crippen LogP) is 1.51. The average molecular weight is 135 g/mol. The Hall–Kier alpha value is -1.38. The molecule has 0 saturated carbocycles. The third-order valence-electron chi connectivity index (χ3n) is 1.44. The topological polar surface area (TPSA) is 41.6 Å². The molecule has 2 rings (SSSR count). The van der Waals surface area contributed by atoms with E-state index in [0.29, 0.717) is 0 Å². The Morgan fingerprint density at radius 3 is 3.30 bits per heavy atom. The molecule has 52 valence electrons. The molecule has 0 aliphatic carbocycles. The molecule has 0 bridgehead atoms. The van der Waals surface area contributed by atoms with Crippen LogP contribution in [0.2, 0.25) is 0 Å². The lowest BCUT2D eigenvalue weighted by Crippen LogP contribution is -1.78. The number of aromatic amines is 1. The molecular formula is C7H9N3. The van der Waals surface area contributed by atoms with Crippen LogP contribution in [-0.4, -0.2) is 15.0 Å². The summed E-state index contributed by atoms with van der Waals surface area (Å²) < 4.78 is 0. The highest BCUT2D eigenvalue weighted by molar-refractivity contribution is 5.73. The fourth-order valence-corrected chi connectivity index (χ4v) is 0.935. The summed E-state index contributed by atoms with van der Waals surface area (Å²) in [6.07, 6.45) is 3.46. The van der Waals surface area contributed by atoms with Crippen molar-refractivity contribution in [2.24, 2.45) is 0 Å². The number of rotatable bonds is 0. The van der Waals surface area contributed by atoms with E-state index in [-0.39, 0.29) is 1.43 Å². The molecule has 0 saturated heterocycles. The Bertz CT molecular complexity index is 355. The minimum absolute atomic E-state index is 0. The quantitative estimate of drug-likeness (QED) is 0.595. The largest absolute Gasteiger partial charge is 0.343 e. The van der Waals surface area contributed by atoms with Crippen molar-refractivity contribution in [1.29, 1.82) is 0 Å². The first kappa shape index (κ1) is 5.41. The maximum absolute atomic E-state index is 4.11. The Labute approximate surface area is 59.6 Å². The number of nitrogens with one attached hydrogen (secondary N) is 1. The number of nitrogens with zero attached hydrogens (tertiary/aromatic N) is 2. The van der Waals surface area contributed by atoms with Gasteiger partial charge in [-0.25, -0.2) is 4.98 Å². The second-order valence-electron chi connectivity index (χ2n) is 2.25. The van der Waals surface area contributed by atoms with Crippen LogP contribution >= 0.6 is 0 Å². The average Bonchev–Trinajstić information content (AvgIpc) is 2.33. The molecule has 2 heterocycles. The lowest BCUT2D eigenvalue weighted by Gasteiger charge is -1.88. The van der Waals surface area contributed by atoms with Gasteiger partial charge in [0.15, 0.2) is 0 Å². The van der Waals surface area contributed by atoms with Crippen LogP contribution in [-0.2, 0) is 0 Å². The van der Waals surface area contributed by atoms with Gasteiger partial charge in [0.25, 0.3) is 0 Å². The second kappa shape index (κ2) is 1.80. The Kier molecular flexibility index (Phi) is 0.974. The van der Waals surface area contributed by atoms with Crippen molar-refractivity contribution in [3.05, 3.63) is 24.3 Å². The molecule has 0 spiro atoms. The number of imidazole rings is 1. The number of hydrogen-bond acceptors (Lipinski definition) is 2.